The van der Waals surface area contributed by atoms with Gasteiger partial charge in [0.2, 0.25) is 5.13 Å². The van der Waals surface area contributed by atoms with Crippen molar-refractivity contribution in [2.45, 2.75) is 33.4 Å². The molecule has 0 atom stereocenters. The number of hydrogen-bond donors (Lipinski definition) is 1. The fourth-order valence-electron chi connectivity index (χ4n) is 2.58. The SMILES string of the molecule is CCN(CCl)Cc1nc(-c2ccc(F)cc2)n(-c2nc(C(=O)NC(C)C)cs2)n1. The molecule has 0 spiro atoms. The van der Waals surface area contributed by atoms with Gasteiger partial charge >= 0.3 is 0 Å². The van der Waals surface area contributed by atoms with Crippen molar-refractivity contribution in [3.05, 3.63) is 47.0 Å². The Morgan fingerprint density at radius 1 is 1.31 bits per heavy atom. The summed E-state index contributed by atoms with van der Waals surface area (Å²) in [7, 11) is 0. The number of thiazole rings is 1. The van der Waals surface area contributed by atoms with Gasteiger partial charge in [-0.25, -0.2) is 14.4 Å². The van der Waals surface area contributed by atoms with Crippen LogP contribution in [0.15, 0.2) is 29.6 Å². The summed E-state index contributed by atoms with van der Waals surface area (Å²) in [5, 5.41) is 9.58. The maximum absolute atomic E-state index is 13.4. The van der Waals surface area contributed by atoms with Crippen LogP contribution in [0, 0.1) is 5.82 Å². The lowest BCUT2D eigenvalue weighted by Gasteiger charge is -2.13. The molecule has 1 amide bonds. The molecule has 0 aliphatic carbocycles. The van der Waals surface area contributed by atoms with Gasteiger partial charge in [0.1, 0.15) is 11.5 Å². The van der Waals surface area contributed by atoms with E-state index in [-0.39, 0.29) is 17.8 Å². The summed E-state index contributed by atoms with van der Waals surface area (Å²) in [6, 6.07) is 6.38. The number of rotatable bonds is 8. The van der Waals surface area contributed by atoms with Crippen molar-refractivity contribution in [3.63, 3.8) is 0 Å². The fraction of sp³-hybridized carbons (Fsp3) is 0.368. The number of amides is 1. The maximum atomic E-state index is 13.4. The van der Waals surface area contributed by atoms with Gasteiger partial charge in [-0.1, -0.05) is 6.92 Å². The predicted molar refractivity (Wildman–Crippen MR) is 112 cm³/mol. The second-order valence-electron chi connectivity index (χ2n) is 6.68. The highest BCUT2D eigenvalue weighted by Gasteiger charge is 2.19. The van der Waals surface area contributed by atoms with Crippen LogP contribution in [-0.2, 0) is 6.54 Å². The van der Waals surface area contributed by atoms with E-state index >= 15 is 0 Å². The summed E-state index contributed by atoms with van der Waals surface area (Å²) in [4.78, 5) is 23.3. The highest BCUT2D eigenvalue weighted by atomic mass is 35.5. The van der Waals surface area contributed by atoms with Crippen LogP contribution in [0.5, 0.6) is 0 Å². The average Bonchev–Trinajstić information content (AvgIpc) is 3.33. The monoisotopic (exact) mass is 436 g/mol. The van der Waals surface area contributed by atoms with Crippen molar-refractivity contribution >= 4 is 28.8 Å². The van der Waals surface area contributed by atoms with Crippen molar-refractivity contribution in [3.8, 4) is 16.5 Å². The number of nitrogens with zero attached hydrogens (tertiary/aromatic N) is 5. The second-order valence-corrected chi connectivity index (χ2v) is 7.75. The Bertz CT molecular complexity index is 967. The third kappa shape index (κ3) is 5.17. The summed E-state index contributed by atoms with van der Waals surface area (Å²) >= 11 is 7.25. The maximum Gasteiger partial charge on any atom is 0.271 e. The van der Waals surface area contributed by atoms with Gasteiger partial charge in [-0.05, 0) is 44.7 Å². The minimum atomic E-state index is -0.332. The zero-order valence-corrected chi connectivity index (χ0v) is 18.0. The zero-order chi connectivity index (χ0) is 21.0. The van der Waals surface area contributed by atoms with Crippen LogP contribution in [0.4, 0.5) is 4.39 Å². The number of hydrogen-bond acceptors (Lipinski definition) is 6. The van der Waals surface area contributed by atoms with Gasteiger partial charge in [0, 0.05) is 17.0 Å². The molecule has 2 aromatic heterocycles. The van der Waals surface area contributed by atoms with Gasteiger partial charge in [-0.2, -0.15) is 4.68 Å². The first-order valence-electron chi connectivity index (χ1n) is 9.18. The normalized spacial score (nSPS) is 11.4. The number of nitrogens with one attached hydrogen (secondary N) is 1. The van der Waals surface area contributed by atoms with Crippen molar-refractivity contribution in [1.29, 1.82) is 0 Å². The molecule has 29 heavy (non-hydrogen) atoms. The standard InChI is InChI=1S/C19H22ClFN6OS/c1-4-26(11-20)9-16-24-17(13-5-7-14(21)8-6-13)27(25-16)19-23-15(10-29-19)18(28)22-12(2)3/h5-8,10,12H,4,9,11H2,1-3H3,(H,22,28). The molecule has 0 unspecified atom stereocenters. The first-order valence-corrected chi connectivity index (χ1v) is 10.6. The molecule has 0 radical (unpaired) electrons. The van der Waals surface area contributed by atoms with Crippen molar-refractivity contribution in [2.24, 2.45) is 0 Å². The molecular weight excluding hydrogens is 415 g/mol. The van der Waals surface area contributed by atoms with Gasteiger partial charge in [-0.15, -0.1) is 28.0 Å². The van der Waals surface area contributed by atoms with Gasteiger partial charge in [0.15, 0.2) is 11.6 Å². The summed E-state index contributed by atoms with van der Waals surface area (Å²) < 4.78 is 15.0. The second kappa shape index (κ2) is 9.43. The molecule has 154 valence electrons. The molecule has 0 fully saturated rings. The topological polar surface area (TPSA) is 75.9 Å². The Hall–Kier alpha value is -2.36. The molecule has 7 nitrogen and oxygen atoms in total. The van der Waals surface area contributed by atoms with E-state index in [4.69, 9.17) is 11.6 Å². The molecule has 0 bridgehead atoms. The fourth-order valence-corrected chi connectivity index (χ4v) is 3.59. The van der Waals surface area contributed by atoms with Crippen LogP contribution in [0.2, 0.25) is 0 Å². The summed E-state index contributed by atoms with van der Waals surface area (Å²) in [6.07, 6.45) is 0. The number of carbonyl (C=O) groups is 1. The van der Waals surface area contributed by atoms with Crippen LogP contribution >= 0.6 is 22.9 Å². The van der Waals surface area contributed by atoms with Crippen LogP contribution < -0.4 is 5.32 Å². The molecule has 0 aliphatic heterocycles. The lowest BCUT2D eigenvalue weighted by Crippen LogP contribution is -2.30. The Balaban J connectivity index is 2.00. The van der Waals surface area contributed by atoms with E-state index in [1.165, 1.54) is 23.5 Å². The Morgan fingerprint density at radius 3 is 2.66 bits per heavy atom. The lowest BCUT2D eigenvalue weighted by atomic mass is 10.2. The molecule has 1 aromatic carbocycles. The van der Waals surface area contributed by atoms with E-state index in [1.807, 2.05) is 25.7 Å². The van der Waals surface area contributed by atoms with Crippen LogP contribution in [-0.4, -0.2) is 49.1 Å². The minimum absolute atomic E-state index is 0.0102. The quantitative estimate of drug-likeness (QED) is 0.430. The largest absolute Gasteiger partial charge is 0.349 e. The third-order valence-corrected chi connectivity index (χ3v) is 5.21. The Labute approximate surface area is 177 Å². The molecule has 0 saturated carbocycles. The summed E-state index contributed by atoms with van der Waals surface area (Å²) in [5.41, 5.74) is 1.01. The van der Waals surface area contributed by atoms with Gasteiger partial charge in [-0.3, -0.25) is 9.69 Å². The highest BCUT2D eigenvalue weighted by molar-refractivity contribution is 7.12. The van der Waals surface area contributed by atoms with E-state index in [9.17, 15) is 9.18 Å². The highest BCUT2D eigenvalue weighted by Crippen LogP contribution is 2.24. The van der Waals surface area contributed by atoms with Crippen molar-refractivity contribution in [1.82, 2.24) is 30.0 Å². The molecular formula is C19H22ClFN6OS. The van der Waals surface area contributed by atoms with E-state index in [2.05, 4.69) is 20.4 Å². The molecule has 0 aliphatic rings. The summed E-state index contributed by atoms with van der Waals surface area (Å²) in [5.74, 6) is 0.512. The zero-order valence-electron chi connectivity index (χ0n) is 16.4. The molecule has 2 heterocycles. The predicted octanol–water partition coefficient (Wildman–Crippen LogP) is 3.69. The van der Waals surface area contributed by atoms with Gasteiger partial charge in [0.25, 0.3) is 5.91 Å². The number of alkyl halides is 1. The first-order chi connectivity index (χ1) is 13.9. The molecule has 3 rings (SSSR count). The number of carbonyl (C=O) groups excluding carboxylic acids is 1. The van der Waals surface area contributed by atoms with E-state index in [1.54, 1.807) is 22.2 Å². The van der Waals surface area contributed by atoms with E-state index < -0.39 is 0 Å². The third-order valence-electron chi connectivity index (χ3n) is 4.06. The van der Waals surface area contributed by atoms with E-state index in [0.717, 1.165) is 6.54 Å². The number of benzene rings is 1. The lowest BCUT2D eigenvalue weighted by molar-refractivity contribution is 0.0938. The summed E-state index contributed by atoms with van der Waals surface area (Å²) in [6.45, 7) is 6.99. The first kappa shape index (κ1) is 21.4. The van der Waals surface area contributed by atoms with Gasteiger partial charge in [0.05, 0.1) is 12.5 Å². The van der Waals surface area contributed by atoms with Crippen molar-refractivity contribution in [2.75, 3.05) is 12.5 Å². The van der Waals surface area contributed by atoms with Crippen LogP contribution in [0.1, 0.15) is 37.1 Å². The number of aromatic nitrogens is 4. The minimum Gasteiger partial charge on any atom is -0.349 e. The van der Waals surface area contributed by atoms with Crippen LogP contribution in [0.25, 0.3) is 16.5 Å². The Kier molecular flexibility index (Phi) is 6.94. The van der Waals surface area contributed by atoms with Crippen molar-refractivity contribution < 1.29 is 9.18 Å². The molecule has 0 saturated heterocycles. The van der Waals surface area contributed by atoms with Gasteiger partial charge < -0.3 is 5.32 Å². The molecule has 1 N–H and O–H groups in total. The van der Waals surface area contributed by atoms with Crippen LogP contribution in [0.3, 0.4) is 0 Å². The van der Waals surface area contributed by atoms with E-state index in [0.29, 0.717) is 40.6 Å². The molecule has 10 heteroatoms. The number of halogens is 2. The smallest absolute Gasteiger partial charge is 0.271 e. The average molecular weight is 437 g/mol. The molecule has 3 aromatic rings. The Morgan fingerprint density at radius 2 is 2.03 bits per heavy atom.